The van der Waals surface area contributed by atoms with Crippen molar-refractivity contribution in [3.8, 4) is 0 Å². The summed E-state index contributed by atoms with van der Waals surface area (Å²) in [6.07, 6.45) is 0.871. The van der Waals surface area contributed by atoms with Crippen molar-refractivity contribution in [2.75, 3.05) is 13.1 Å². The van der Waals surface area contributed by atoms with E-state index in [2.05, 4.69) is 15.3 Å². The molecule has 0 saturated carbocycles. The zero-order valence-electron chi connectivity index (χ0n) is 9.57. The fourth-order valence-electron chi connectivity index (χ4n) is 1.32. The molecular formula is C11H12Cl2N4O. The predicted molar refractivity (Wildman–Crippen MR) is 71.8 cm³/mol. The van der Waals surface area contributed by atoms with E-state index in [9.17, 15) is 4.79 Å². The smallest absolute Gasteiger partial charge is 0.224 e. The average Bonchev–Trinajstić information content (AvgIpc) is 2.34. The number of benzene rings is 1. The van der Waals surface area contributed by atoms with Crippen LogP contribution in [-0.4, -0.2) is 19.0 Å². The third-order valence-corrected chi connectivity index (χ3v) is 2.91. The maximum Gasteiger partial charge on any atom is 0.224 e. The summed E-state index contributed by atoms with van der Waals surface area (Å²) in [6, 6.07) is 5.09. The normalized spacial score (nSPS) is 9.67. The summed E-state index contributed by atoms with van der Waals surface area (Å²) in [5.74, 6) is -0.102. The maximum atomic E-state index is 11.6. The summed E-state index contributed by atoms with van der Waals surface area (Å²) in [7, 11) is 0. The lowest BCUT2D eigenvalue weighted by Crippen LogP contribution is -2.26. The second kappa shape index (κ2) is 7.82. The molecule has 0 aliphatic carbocycles. The minimum Gasteiger partial charge on any atom is -0.356 e. The molecule has 1 rings (SSSR count). The van der Waals surface area contributed by atoms with Crippen LogP contribution in [0.15, 0.2) is 23.3 Å². The lowest BCUT2D eigenvalue weighted by molar-refractivity contribution is -0.120. The van der Waals surface area contributed by atoms with Gasteiger partial charge in [0.05, 0.1) is 16.5 Å². The molecule has 7 heteroatoms. The van der Waals surface area contributed by atoms with E-state index in [-0.39, 0.29) is 12.3 Å². The maximum absolute atomic E-state index is 11.6. The number of halogens is 2. The minimum atomic E-state index is -0.102. The SMILES string of the molecule is [N-]=[N+]=NCCCNC(=O)Cc1ccc(Cl)c(Cl)c1. The Bertz CT molecular complexity index is 472. The topological polar surface area (TPSA) is 77.9 Å². The van der Waals surface area contributed by atoms with E-state index in [1.165, 1.54) is 0 Å². The Morgan fingerprint density at radius 1 is 1.39 bits per heavy atom. The lowest BCUT2D eigenvalue weighted by Gasteiger charge is -2.05. The van der Waals surface area contributed by atoms with E-state index >= 15 is 0 Å². The van der Waals surface area contributed by atoms with Crippen LogP contribution >= 0.6 is 23.2 Å². The molecule has 1 aromatic rings. The summed E-state index contributed by atoms with van der Waals surface area (Å²) in [6.45, 7) is 0.864. The Morgan fingerprint density at radius 3 is 2.83 bits per heavy atom. The van der Waals surface area contributed by atoms with Gasteiger partial charge < -0.3 is 5.32 Å². The van der Waals surface area contributed by atoms with Gasteiger partial charge in [-0.3, -0.25) is 4.79 Å². The number of nitrogens with one attached hydrogen (secondary N) is 1. The Kier molecular flexibility index (Phi) is 6.36. The number of nitrogens with zero attached hydrogens (tertiary/aromatic N) is 3. The predicted octanol–water partition coefficient (Wildman–Crippen LogP) is 3.35. The molecule has 1 aromatic carbocycles. The van der Waals surface area contributed by atoms with E-state index in [0.717, 1.165) is 5.56 Å². The van der Waals surface area contributed by atoms with Gasteiger partial charge in [-0.25, -0.2) is 0 Å². The van der Waals surface area contributed by atoms with Gasteiger partial charge in [-0.1, -0.05) is 34.4 Å². The van der Waals surface area contributed by atoms with Gasteiger partial charge in [-0.05, 0) is 29.6 Å². The van der Waals surface area contributed by atoms with E-state index < -0.39 is 0 Å². The van der Waals surface area contributed by atoms with E-state index in [1.54, 1.807) is 18.2 Å². The van der Waals surface area contributed by atoms with E-state index in [1.807, 2.05) is 0 Å². The molecule has 0 unspecified atom stereocenters. The van der Waals surface area contributed by atoms with Crippen LogP contribution in [0.1, 0.15) is 12.0 Å². The van der Waals surface area contributed by atoms with Gasteiger partial charge in [0, 0.05) is 18.0 Å². The first-order valence-corrected chi connectivity index (χ1v) is 6.10. The van der Waals surface area contributed by atoms with Gasteiger partial charge in [-0.15, -0.1) is 0 Å². The van der Waals surface area contributed by atoms with E-state index in [4.69, 9.17) is 28.7 Å². The van der Waals surface area contributed by atoms with Gasteiger partial charge in [-0.2, -0.15) is 0 Å². The van der Waals surface area contributed by atoms with Crippen LogP contribution in [0.3, 0.4) is 0 Å². The van der Waals surface area contributed by atoms with Crippen molar-refractivity contribution in [2.24, 2.45) is 5.11 Å². The standard InChI is InChI=1S/C11H12Cl2N4O/c12-9-3-2-8(6-10(9)13)7-11(18)15-4-1-5-16-17-14/h2-3,6H,1,4-5,7H2,(H,15,18). The number of carbonyl (C=O) groups excluding carboxylic acids is 1. The minimum absolute atomic E-state index is 0.102. The molecule has 0 aromatic heterocycles. The highest BCUT2D eigenvalue weighted by Crippen LogP contribution is 2.22. The Hall–Kier alpha value is -1.42. The van der Waals surface area contributed by atoms with Crippen molar-refractivity contribution in [3.05, 3.63) is 44.3 Å². The molecule has 0 radical (unpaired) electrons. The molecule has 0 heterocycles. The third-order valence-electron chi connectivity index (χ3n) is 2.17. The number of hydrogen-bond acceptors (Lipinski definition) is 2. The van der Waals surface area contributed by atoms with Crippen molar-refractivity contribution in [2.45, 2.75) is 12.8 Å². The molecule has 0 fully saturated rings. The van der Waals surface area contributed by atoms with Crippen molar-refractivity contribution in [1.82, 2.24) is 5.32 Å². The first kappa shape index (κ1) is 14.6. The quantitative estimate of drug-likeness (QED) is 0.370. The summed E-state index contributed by atoms with van der Waals surface area (Å²) in [4.78, 5) is 14.2. The summed E-state index contributed by atoms with van der Waals surface area (Å²) >= 11 is 11.6. The van der Waals surface area contributed by atoms with Gasteiger partial charge in [0.1, 0.15) is 0 Å². The molecule has 0 spiro atoms. The number of rotatable bonds is 6. The molecule has 96 valence electrons. The van der Waals surface area contributed by atoms with Crippen LogP contribution in [0.5, 0.6) is 0 Å². The van der Waals surface area contributed by atoms with Gasteiger partial charge in [0.25, 0.3) is 0 Å². The average molecular weight is 287 g/mol. The molecule has 1 N–H and O–H groups in total. The number of amides is 1. The van der Waals surface area contributed by atoms with Gasteiger partial charge in [0.2, 0.25) is 5.91 Å². The van der Waals surface area contributed by atoms with Crippen molar-refractivity contribution in [3.63, 3.8) is 0 Å². The number of azide groups is 1. The molecular weight excluding hydrogens is 275 g/mol. The lowest BCUT2D eigenvalue weighted by atomic mass is 10.1. The largest absolute Gasteiger partial charge is 0.356 e. The monoisotopic (exact) mass is 286 g/mol. The molecule has 0 aliphatic heterocycles. The highest BCUT2D eigenvalue weighted by atomic mass is 35.5. The molecule has 1 amide bonds. The van der Waals surface area contributed by atoms with Crippen LogP contribution in [-0.2, 0) is 11.2 Å². The second-order valence-electron chi connectivity index (χ2n) is 3.58. The Morgan fingerprint density at radius 2 is 2.17 bits per heavy atom. The van der Waals surface area contributed by atoms with Crippen LogP contribution in [0.2, 0.25) is 10.0 Å². The fourth-order valence-corrected chi connectivity index (χ4v) is 1.64. The fraction of sp³-hybridized carbons (Fsp3) is 0.364. The number of hydrogen-bond donors (Lipinski definition) is 1. The molecule has 18 heavy (non-hydrogen) atoms. The van der Waals surface area contributed by atoms with Crippen LogP contribution in [0.25, 0.3) is 10.4 Å². The van der Waals surface area contributed by atoms with Gasteiger partial charge in [0.15, 0.2) is 0 Å². The zero-order valence-corrected chi connectivity index (χ0v) is 11.1. The highest BCUT2D eigenvalue weighted by Gasteiger charge is 2.05. The summed E-state index contributed by atoms with van der Waals surface area (Å²) in [5.41, 5.74) is 8.87. The molecule has 5 nitrogen and oxygen atoms in total. The zero-order chi connectivity index (χ0) is 13.4. The van der Waals surface area contributed by atoms with Crippen LogP contribution in [0, 0.1) is 0 Å². The molecule has 0 aliphatic rings. The van der Waals surface area contributed by atoms with Crippen LogP contribution < -0.4 is 5.32 Å². The molecule has 0 saturated heterocycles. The first-order valence-electron chi connectivity index (χ1n) is 5.35. The number of carbonyl (C=O) groups is 1. The Balaban J connectivity index is 2.35. The van der Waals surface area contributed by atoms with Crippen molar-refractivity contribution >= 4 is 29.1 Å². The highest BCUT2D eigenvalue weighted by molar-refractivity contribution is 6.42. The van der Waals surface area contributed by atoms with Crippen LogP contribution in [0.4, 0.5) is 0 Å². The summed E-state index contributed by atoms with van der Waals surface area (Å²) in [5, 5.41) is 7.00. The molecule has 0 atom stereocenters. The van der Waals surface area contributed by atoms with Crippen molar-refractivity contribution < 1.29 is 4.79 Å². The second-order valence-corrected chi connectivity index (χ2v) is 4.40. The van der Waals surface area contributed by atoms with Gasteiger partial charge >= 0.3 is 0 Å². The Labute approximate surface area is 115 Å². The third kappa shape index (κ3) is 5.27. The summed E-state index contributed by atoms with van der Waals surface area (Å²) < 4.78 is 0. The first-order chi connectivity index (χ1) is 8.63. The van der Waals surface area contributed by atoms with E-state index in [0.29, 0.717) is 29.6 Å². The molecule has 0 bridgehead atoms. The van der Waals surface area contributed by atoms with Crippen molar-refractivity contribution in [1.29, 1.82) is 0 Å².